The minimum absolute atomic E-state index is 0.183. The fourth-order valence-corrected chi connectivity index (χ4v) is 2.08. The van der Waals surface area contributed by atoms with E-state index in [0.29, 0.717) is 22.6 Å². The molecule has 0 aromatic heterocycles. The van der Waals surface area contributed by atoms with E-state index in [2.05, 4.69) is 22.7 Å². The number of benzene rings is 2. The maximum absolute atomic E-state index is 12.0. The van der Waals surface area contributed by atoms with Crippen molar-refractivity contribution in [2.75, 3.05) is 7.11 Å². The van der Waals surface area contributed by atoms with Crippen LogP contribution in [0.4, 0.5) is 0 Å². The van der Waals surface area contributed by atoms with E-state index >= 15 is 0 Å². The lowest BCUT2D eigenvalue weighted by molar-refractivity contribution is 0.0600. The van der Waals surface area contributed by atoms with Gasteiger partial charge >= 0.3 is 5.97 Å². The van der Waals surface area contributed by atoms with Gasteiger partial charge in [0.05, 0.1) is 18.2 Å². The van der Waals surface area contributed by atoms with E-state index in [4.69, 9.17) is 0 Å². The number of carbonyl (C=O) groups excluding carboxylic acids is 2. The third-order valence-corrected chi connectivity index (χ3v) is 3.37. The number of amides is 1. The molecule has 4 nitrogen and oxygen atoms in total. The fraction of sp³-hybridized carbons (Fsp3) is 0.125. The first-order valence-corrected chi connectivity index (χ1v) is 6.80. The molecular weight excluding hydrogens is 286 g/mol. The van der Waals surface area contributed by atoms with Crippen LogP contribution in [-0.4, -0.2) is 19.0 Å². The molecule has 2 aromatic carbocycles. The molecule has 0 saturated heterocycles. The van der Waals surface area contributed by atoms with Crippen molar-refractivity contribution in [1.29, 1.82) is 0 Å². The van der Waals surface area contributed by atoms with E-state index in [-0.39, 0.29) is 11.9 Å². The minimum Gasteiger partial charge on any atom is -0.465 e. The van der Waals surface area contributed by atoms with Crippen LogP contribution in [0.25, 0.3) is 0 Å². The summed E-state index contributed by atoms with van der Waals surface area (Å²) in [4.78, 5) is 24.0. The Morgan fingerprint density at radius 1 is 1.10 bits per heavy atom. The Hall–Kier alpha value is -2.27. The molecular formula is C16H15NO3S. The Kier molecular flexibility index (Phi) is 5.00. The van der Waals surface area contributed by atoms with Gasteiger partial charge in [-0.2, -0.15) is 0 Å². The first kappa shape index (κ1) is 15.1. The molecule has 0 unspecified atom stereocenters. The molecule has 0 saturated carbocycles. The van der Waals surface area contributed by atoms with Crippen LogP contribution >= 0.6 is 12.6 Å². The number of carbonyl (C=O) groups is 2. The average Bonchev–Trinajstić information content (AvgIpc) is 2.52. The summed E-state index contributed by atoms with van der Waals surface area (Å²) in [5.41, 5.74) is 1.91. The van der Waals surface area contributed by atoms with Crippen molar-refractivity contribution in [2.45, 2.75) is 11.4 Å². The van der Waals surface area contributed by atoms with Gasteiger partial charge in [-0.25, -0.2) is 4.79 Å². The second-order valence-corrected chi connectivity index (χ2v) is 4.87. The van der Waals surface area contributed by atoms with E-state index in [1.54, 1.807) is 42.5 Å². The number of methoxy groups -OCH3 is 1. The molecule has 5 heteroatoms. The van der Waals surface area contributed by atoms with Crippen LogP contribution in [0, 0.1) is 0 Å². The fourth-order valence-electron chi connectivity index (χ4n) is 1.82. The summed E-state index contributed by atoms with van der Waals surface area (Å²) in [6.45, 7) is 0.377. The number of ether oxygens (including phenoxy) is 1. The molecule has 0 radical (unpaired) electrons. The van der Waals surface area contributed by atoms with E-state index in [1.807, 2.05) is 6.07 Å². The third-order valence-electron chi connectivity index (χ3n) is 2.98. The molecule has 1 N–H and O–H groups in total. The van der Waals surface area contributed by atoms with Gasteiger partial charge in [0.1, 0.15) is 0 Å². The maximum atomic E-state index is 12.0. The van der Waals surface area contributed by atoms with Crippen LogP contribution in [-0.2, 0) is 11.3 Å². The molecule has 0 atom stereocenters. The van der Waals surface area contributed by atoms with E-state index in [1.165, 1.54) is 7.11 Å². The SMILES string of the molecule is COC(=O)c1ccc(CNC(=O)c2ccccc2S)cc1. The second-order valence-electron chi connectivity index (χ2n) is 4.39. The average molecular weight is 301 g/mol. The molecule has 0 bridgehead atoms. The highest BCUT2D eigenvalue weighted by Crippen LogP contribution is 2.13. The predicted molar refractivity (Wildman–Crippen MR) is 82.6 cm³/mol. The first-order valence-electron chi connectivity index (χ1n) is 6.35. The molecule has 0 spiro atoms. The van der Waals surface area contributed by atoms with Gasteiger partial charge in [0.15, 0.2) is 0 Å². The lowest BCUT2D eigenvalue weighted by atomic mass is 10.1. The van der Waals surface area contributed by atoms with E-state index < -0.39 is 0 Å². The lowest BCUT2D eigenvalue weighted by Crippen LogP contribution is -2.23. The largest absolute Gasteiger partial charge is 0.465 e. The summed E-state index contributed by atoms with van der Waals surface area (Å²) in [6.07, 6.45) is 0. The number of hydrogen-bond donors (Lipinski definition) is 2. The number of rotatable bonds is 4. The molecule has 0 aliphatic carbocycles. The molecule has 0 aliphatic rings. The van der Waals surface area contributed by atoms with Crippen molar-refractivity contribution in [1.82, 2.24) is 5.32 Å². The number of thiol groups is 1. The van der Waals surface area contributed by atoms with Gasteiger partial charge in [0.25, 0.3) is 5.91 Å². The number of hydrogen-bond acceptors (Lipinski definition) is 4. The van der Waals surface area contributed by atoms with Gasteiger partial charge in [-0.15, -0.1) is 12.6 Å². The van der Waals surface area contributed by atoms with Gasteiger partial charge in [-0.1, -0.05) is 24.3 Å². The highest BCUT2D eigenvalue weighted by molar-refractivity contribution is 7.80. The van der Waals surface area contributed by atoms with Crippen LogP contribution in [0.1, 0.15) is 26.3 Å². The Morgan fingerprint density at radius 3 is 2.38 bits per heavy atom. The molecule has 2 rings (SSSR count). The monoisotopic (exact) mass is 301 g/mol. The van der Waals surface area contributed by atoms with E-state index in [9.17, 15) is 9.59 Å². The van der Waals surface area contributed by atoms with Gasteiger partial charge in [-0.05, 0) is 29.8 Å². The zero-order valence-electron chi connectivity index (χ0n) is 11.5. The predicted octanol–water partition coefficient (Wildman–Crippen LogP) is 2.69. The van der Waals surface area contributed by atoms with Crippen LogP contribution in [0.5, 0.6) is 0 Å². The highest BCUT2D eigenvalue weighted by atomic mass is 32.1. The first-order chi connectivity index (χ1) is 10.1. The zero-order valence-corrected chi connectivity index (χ0v) is 12.4. The minimum atomic E-state index is -0.380. The summed E-state index contributed by atoms with van der Waals surface area (Å²) in [6, 6.07) is 14.0. The van der Waals surface area contributed by atoms with Crippen LogP contribution in [0.2, 0.25) is 0 Å². The van der Waals surface area contributed by atoms with Gasteiger partial charge in [0.2, 0.25) is 0 Å². The highest BCUT2D eigenvalue weighted by Gasteiger charge is 2.09. The zero-order chi connectivity index (χ0) is 15.2. The van der Waals surface area contributed by atoms with Gasteiger partial charge in [-0.3, -0.25) is 4.79 Å². The molecule has 0 aliphatic heterocycles. The maximum Gasteiger partial charge on any atom is 0.337 e. The second kappa shape index (κ2) is 6.95. The van der Waals surface area contributed by atoms with Crippen molar-refractivity contribution >= 4 is 24.5 Å². The quantitative estimate of drug-likeness (QED) is 0.674. The molecule has 21 heavy (non-hydrogen) atoms. The topological polar surface area (TPSA) is 55.4 Å². The third kappa shape index (κ3) is 3.86. The van der Waals surface area contributed by atoms with Crippen LogP contribution in [0.3, 0.4) is 0 Å². The Bertz CT molecular complexity index is 653. The lowest BCUT2D eigenvalue weighted by Gasteiger charge is -2.07. The van der Waals surface area contributed by atoms with Crippen molar-refractivity contribution in [3.05, 3.63) is 65.2 Å². The standard InChI is InChI=1S/C16H15NO3S/c1-20-16(19)12-8-6-11(7-9-12)10-17-15(18)13-4-2-3-5-14(13)21/h2-9,21H,10H2,1H3,(H,17,18). The van der Waals surface area contributed by atoms with Crippen LogP contribution in [0.15, 0.2) is 53.4 Å². The van der Waals surface area contributed by atoms with Crippen molar-refractivity contribution in [3.63, 3.8) is 0 Å². The number of nitrogens with one attached hydrogen (secondary N) is 1. The smallest absolute Gasteiger partial charge is 0.337 e. The Morgan fingerprint density at radius 2 is 1.76 bits per heavy atom. The summed E-state index contributed by atoms with van der Waals surface area (Å²) >= 11 is 4.25. The van der Waals surface area contributed by atoms with Gasteiger partial charge < -0.3 is 10.1 Å². The molecule has 108 valence electrons. The van der Waals surface area contributed by atoms with Crippen molar-refractivity contribution in [3.8, 4) is 0 Å². The molecule has 2 aromatic rings. The Labute approximate surface area is 128 Å². The molecule has 1 amide bonds. The summed E-state index contributed by atoms with van der Waals surface area (Å²) < 4.78 is 4.63. The van der Waals surface area contributed by atoms with Crippen molar-refractivity contribution in [2.24, 2.45) is 0 Å². The Balaban J connectivity index is 1.99. The number of esters is 1. The van der Waals surface area contributed by atoms with Gasteiger partial charge in [0, 0.05) is 11.4 Å². The molecule has 0 fully saturated rings. The van der Waals surface area contributed by atoms with Crippen molar-refractivity contribution < 1.29 is 14.3 Å². The summed E-state index contributed by atoms with van der Waals surface area (Å²) in [5.74, 6) is -0.563. The summed E-state index contributed by atoms with van der Waals surface area (Å²) in [7, 11) is 1.34. The van der Waals surface area contributed by atoms with E-state index in [0.717, 1.165) is 5.56 Å². The van der Waals surface area contributed by atoms with Crippen LogP contribution < -0.4 is 5.32 Å². The molecule has 0 heterocycles. The summed E-state index contributed by atoms with van der Waals surface area (Å²) in [5, 5.41) is 2.81. The normalized spacial score (nSPS) is 10.0.